The molecule has 0 radical (unpaired) electrons. The number of hydrogen-bond donors (Lipinski definition) is 1. The number of nitrogens with one attached hydrogen (secondary N) is 1. The zero-order valence-electron chi connectivity index (χ0n) is 15.0. The van der Waals surface area contributed by atoms with E-state index >= 15 is 0 Å². The molecular formula is C18H19FN6O2. The molecule has 3 rings (SSSR count). The Morgan fingerprint density at radius 2 is 2.07 bits per heavy atom. The van der Waals surface area contributed by atoms with Gasteiger partial charge in [0.2, 0.25) is 0 Å². The fourth-order valence-corrected chi connectivity index (χ4v) is 2.34. The molecular weight excluding hydrogens is 351 g/mol. The van der Waals surface area contributed by atoms with Gasteiger partial charge in [0.1, 0.15) is 24.5 Å². The van der Waals surface area contributed by atoms with Crippen molar-refractivity contribution in [2.75, 3.05) is 32.6 Å². The third-order valence-electron chi connectivity index (χ3n) is 3.74. The number of ether oxygens (including phenoxy) is 1. The van der Waals surface area contributed by atoms with Gasteiger partial charge >= 0.3 is 0 Å². The van der Waals surface area contributed by atoms with Crippen molar-refractivity contribution in [2.45, 2.75) is 0 Å². The average molecular weight is 370 g/mol. The maximum Gasteiger partial charge on any atom is 0.259 e. The number of aromatic nitrogens is 4. The summed E-state index contributed by atoms with van der Waals surface area (Å²) >= 11 is 0. The first kappa shape index (κ1) is 18.5. The molecule has 1 aromatic heterocycles. The first-order valence-corrected chi connectivity index (χ1v) is 8.25. The highest BCUT2D eigenvalue weighted by Crippen LogP contribution is 2.22. The van der Waals surface area contributed by atoms with E-state index in [1.165, 1.54) is 29.2 Å². The van der Waals surface area contributed by atoms with Crippen molar-refractivity contribution in [3.63, 3.8) is 0 Å². The van der Waals surface area contributed by atoms with Gasteiger partial charge < -0.3 is 15.0 Å². The van der Waals surface area contributed by atoms with Crippen molar-refractivity contribution in [3.05, 3.63) is 60.2 Å². The number of likely N-dealkylation sites (N-methyl/N-ethyl adjacent to an activating group) is 1. The molecule has 1 N–H and O–H groups in total. The smallest absolute Gasteiger partial charge is 0.259 e. The van der Waals surface area contributed by atoms with E-state index in [1.807, 2.05) is 19.0 Å². The van der Waals surface area contributed by atoms with E-state index in [4.69, 9.17) is 4.74 Å². The summed E-state index contributed by atoms with van der Waals surface area (Å²) in [6, 6.07) is 11.1. The fourth-order valence-electron chi connectivity index (χ4n) is 2.34. The lowest BCUT2D eigenvalue weighted by Gasteiger charge is -2.14. The molecule has 8 nitrogen and oxygen atoms in total. The summed E-state index contributed by atoms with van der Waals surface area (Å²) in [5, 5.41) is 13.4. The van der Waals surface area contributed by atoms with Crippen LogP contribution in [0.25, 0.3) is 5.69 Å². The number of para-hydroxylation sites is 1. The Labute approximate surface area is 155 Å². The molecule has 0 aliphatic carbocycles. The lowest BCUT2D eigenvalue weighted by atomic mass is 10.1. The average Bonchev–Trinajstić information content (AvgIpc) is 3.18. The number of nitrogens with zero attached hydrogens (tertiary/aromatic N) is 5. The molecule has 1 heterocycles. The van der Waals surface area contributed by atoms with Gasteiger partial charge in [-0.3, -0.25) is 4.79 Å². The summed E-state index contributed by atoms with van der Waals surface area (Å²) < 4.78 is 21.2. The van der Waals surface area contributed by atoms with E-state index < -0.39 is 11.7 Å². The molecule has 9 heteroatoms. The summed E-state index contributed by atoms with van der Waals surface area (Å²) in [6.07, 6.45) is 1.38. The van der Waals surface area contributed by atoms with Crippen LogP contribution in [0.1, 0.15) is 10.4 Å². The number of benzene rings is 2. The second kappa shape index (κ2) is 8.37. The molecule has 0 saturated heterocycles. The first-order valence-electron chi connectivity index (χ1n) is 8.25. The molecule has 0 bridgehead atoms. The normalized spacial score (nSPS) is 10.8. The molecule has 1 amide bonds. The fraction of sp³-hybridized carbons (Fsp3) is 0.222. The summed E-state index contributed by atoms with van der Waals surface area (Å²) in [6.45, 7) is 1.14. The van der Waals surface area contributed by atoms with Crippen LogP contribution in [0.3, 0.4) is 0 Å². The van der Waals surface area contributed by atoms with Crippen molar-refractivity contribution < 1.29 is 13.9 Å². The van der Waals surface area contributed by atoms with Crippen molar-refractivity contribution in [2.24, 2.45) is 0 Å². The lowest BCUT2D eigenvalue weighted by molar-refractivity contribution is 0.102. The molecule has 140 valence electrons. The monoisotopic (exact) mass is 370 g/mol. The predicted molar refractivity (Wildman–Crippen MR) is 97.6 cm³/mol. The lowest BCUT2D eigenvalue weighted by Crippen LogP contribution is -2.21. The Morgan fingerprint density at radius 3 is 2.81 bits per heavy atom. The Bertz CT molecular complexity index is 914. The minimum Gasteiger partial charge on any atom is -0.491 e. The molecule has 3 aromatic rings. The van der Waals surface area contributed by atoms with E-state index in [0.717, 1.165) is 0 Å². The number of carbonyl (C=O) groups is 1. The van der Waals surface area contributed by atoms with Crippen LogP contribution in [0.4, 0.5) is 10.1 Å². The standard InChI is InChI=1S/C18H19FN6O2/c1-24(2)9-10-27-17-6-4-3-5-14(17)18(26)21-16-11-13(7-8-15(16)19)25-12-20-22-23-25/h3-8,11-12H,9-10H2,1-2H3,(H,21,26). The number of carbonyl (C=O) groups excluding carboxylic acids is 1. The van der Waals surface area contributed by atoms with Crippen LogP contribution in [0.5, 0.6) is 5.75 Å². The van der Waals surface area contributed by atoms with Crippen LogP contribution in [0.2, 0.25) is 0 Å². The molecule has 0 aliphatic rings. The Morgan fingerprint density at radius 1 is 1.26 bits per heavy atom. The van der Waals surface area contributed by atoms with Crippen LogP contribution >= 0.6 is 0 Å². The number of tetrazole rings is 1. The Hall–Kier alpha value is -3.33. The van der Waals surface area contributed by atoms with Crippen LogP contribution in [0.15, 0.2) is 48.8 Å². The number of halogens is 1. The zero-order chi connectivity index (χ0) is 19.2. The minimum atomic E-state index is -0.564. The number of rotatable bonds is 7. The van der Waals surface area contributed by atoms with Crippen molar-refractivity contribution in [1.82, 2.24) is 25.1 Å². The van der Waals surface area contributed by atoms with Crippen molar-refractivity contribution in [1.29, 1.82) is 0 Å². The van der Waals surface area contributed by atoms with Gasteiger partial charge in [-0.05, 0) is 54.9 Å². The summed E-state index contributed by atoms with van der Waals surface area (Å²) in [5.74, 6) is -0.594. The number of amides is 1. The van der Waals surface area contributed by atoms with E-state index in [1.54, 1.807) is 24.3 Å². The van der Waals surface area contributed by atoms with Crippen LogP contribution < -0.4 is 10.1 Å². The molecule has 0 saturated carbocycles. The maximum absolute atomic E-state index is 14.2. The Balaban J connectivity index is 1.79. The molecule has 0 spiro atoms. The summed E-state index contributed by atoms with van der Waals surface area (Å²) in [4.78, 5) is 14.6. The quantitative estimate of drug-likeness (QED) is 0.685. The zero-order valence-corrected chi connectivity index (χ0v) is 15.0. The molecule has 0 aliphatic heterocycles. The molecule has 0 unspecified atom stereocenters. The van der Waals surface area contributed by atoms with Gasteiger partial charge in [-0.2, -0.15) is 0 Å². The molecule has 2 aromatic carbocycles. The number of anilines is 1. The van der Waals surface area contributed by atoms with Gasteiger partial charge in [-0.15, -0.1) is 5.10 Å². The first-order chi connectivity index (χ1) is 13.0. The predicted octanol–water partition coefficient (Wildman–Crippen LogP) is 1.99. The van der Waals surface area contributed by atoms with Crippen molar-refractivity contribution in [3.8, 4) is 11.4 Å². The highest BCUT2D eigenvalue weighted by atomic mass is 19.1. The van der Waals surface area contributed by atoms with Crippen LogP contribution in [-0.2, 0) is 0 Å². The summed E-state index contributed by atoms with van der Waals surface area (Å²) in [7, 11) is 3.87. The summed E-state index contributed by atoms with van der Waals surface area (Å²) in [5.41, 5.74) is 0.867. The minimum absolute atomic E-state index is 0.0242. The largest absolute Gasteiger partial charge is 0.491 e. The van der Waals surface area contributed by atoms with Gasteiger partial charge in [0.25, 0.3) is 5.91 Å². The van der Waals surface area contributed by atoms with Gasteiger partial charge in [-0.25, -0.2) is 9.07 Å². The highest BCUT2D eigenvalue weighted by molar-refractivity contribution is 6.06. The molecule has 27 heavy (non-hydrogen) atoms. The Kier molecular flexibility index (Phi) is 5.72. The molecule has 0 fully saturated rings. The second-order valence-electron chi connectivity index (χ2n) is 6.02. The third-order valence-corrected chi connectivity index (χ3v) is 3.74. The van der Waals surface area contributed by atoms with Crippen LogP contribution in [-0.4, -0.2) is 58.3 Å². The van der Waals surface area contributed by atoms with E-state index in [-0.39, 0.29) is 5.69 Å². The van der Waals surface area contributed by atoms with Crippen molar-refractivity contribution >= 4 is 11.6 Å². The maximum atomic E-state index is 14.2. The van der Waals surface area contributed by atoms with E-state index in [9.17, 15) is 9.18 Å². The van der Waals surface area contributed by atoms with E-state index in [2.05, 4.69) is 20.8 Å². The third kappa shape index (κ3) is 4.64. The highest BCUT2D eigenvalue weighted by Gasteiger charge is 2.15. The second-order valence-corrected chi connectivity index (χ2v) is 6.02. The van der Waals surface area contributed by atoms with Gasteiger partial charge in [0.15, 0.2) is 0 Å². The number of hydrogen-bond acceptors (Lipinski definition) is 6. The van der Waals surface area contributed by atoms with Crippen LogP contribution in [0, 0.1) is 5.82 Å². The van der Waals surface area contributed by atoms with Gasteiger partial charge in [0.05, 0.1) is 16.9 Å². The van der Waals surface area contributed by atoms with E-state index in [0.29, 0.717) is 30.2 Å². The van der Waals surface area contributed by atoms with Gasteiger partial charge in [-0.1, -0.05) is 12.1 Å². The SMILES string of the molecule is CN(C)CCOc1ccccc1C(=O)Nc1cc(-n2cnnn2)ccc1F. The molecule has 0 atom stereocenters. The van der Waals surface area contributed by atoms with Gasteiger partial charge in [0, 0.05) is 6.54 Å². The topological polar surface area (TPSA) is 85.2 Å².